The smallest absolute Gasteiger partial charge is 0.274 e. The number of primary amides is 1. The Labute approximate surface area is 110 Å². The van der Waals surface area contributed by atoms with Crippen LogP contribution in [0.4, 0.5) is 0 Å². The van der Waals surface area contributed by atoms with Gasteiger partial charge in [0.15, 0.2) is 5.69 Å². The van der Waals surface area contributed by atoms with Gasteiger partial charge in [-0.15, -0.1) is 0 Å². The molecule has 0 bridgehead atoms. The van der Waals surface area contributed by atoms with E-state index in [1.807, 2.05) is 13.8 Å². The summed E-state index contributed by atoms with van der Waals surface area (Å²) in [5.41, 5.74) is 5.11. The fraction of sp³-hybridized carbons (Fsp3) is 0.455. The molecule has 0 aliphatic rings. The molecule has 0 aliphatic carbocycles. The number of carbonyl (C=O) groups excluding carboxylic acids is 2. The molecular formula is C11H15ClN4O2. The van der Waals surface area contributed by atoms with Gasteiger partial charge in [0, 0.05) is 13.0 Å². The summed E-state index contributed by atoms with van der Waals surface area (Å²) < 4.78 is 0. The van der Waals surface area contributed by atoms with E-state index in [-0.39, 0.29) is 23.2 Å². The molecule has 0 spiro atoms. The molecule has 1 aromatic heterocycles. The van der Waals surface area contributed by atoms with Crippen LogP contribution in [0.25, 0.3) is 0 Å². The van der Waals surface area contributed by atoms with Gasteiger partial charge in [0.1, 0.15) is 5.82 Å². The summed E-state index contributed by atoms with van der Waals surface area (Å²) in [6.45, 7) is 3.63. The predicted molar refractivity (Wildman–Crippen MR) is 67.3 cm³/mol. The van der Waals surface area contributed by atoms with Gasteiger partial charge in [-0.1, -0.05) is 25.4 Å². The van der Waals surface area contributed by atoms with Crippen molar-refractivity contribution < 1.29 is 9.59 Å². The highest BCUT2D eigenvalue weighted by molar-refractivity contribution is 6.33. The van der Waals surface area contributed by atoms with Crippen LogP contribution in [0.5, 0.6) is 0 Å². The lowest BCUT2D eigenvalue weighted by Gasteiger charge is -2.15. The van der Waals surface area contributed by atoms with Crippen LogP contribution >= 0.6 is 11.6 Å². The molecule has 0 aromatic carbocycles. The zero-order chi connectivity index (χ0) is 13.9. The molecule has 2 amide bonds. The summed E-state index contributed by atoms with van der Waals surface area (Å²) in [4.78, 5) is 32.1. The Morgan fingerprint density at radius 2 is 2.11 bits per heavy atom. The van der Waals surface area contributed by atoms with E-state index in [4.69, 9.17) is 17.3 Å². The molecule has 98 valence electrons. The molecule has 0 saturated heterocycles. The zero-order valence-electron chi connectivity index (χ0n) is 10.5. The van der Waals surface area contributed by atoms with Crippen molar-refractivity contribution in [3.63, 3.8) is 0 Å². The Hall–Kier alpha value is -1.69. The van der Waals surface area contributed by atoms with E-state index < -0.39 is 11.8 Å². The fourth-order valence-corrected chi connectivity index (χ4v) is 1.47. The molecule has 0 radical (unpaired) electrons. The maximum Gasteiger partial charge on any atom is 0.274 e. The van der Waals surface area contributed by atoms with Crippen LogP contribution < -0.4 is 5.73 Å². The number of rotatable bonds is 4. The first-order valence-electron chi connectivity index (χ1n) is 5.39. The highest BCUT2D eigenvalue weighted by Crippen LogP contribution is 2.17. The second-order valence-electron chi connectivity index (χ2n) is 4.21. The van der Waals surface area contributed by atoms with Crippen LogP contribution in [-0.2, 0) is 4.79 Å². The second kappa shape index (κ2) is 5.77. The normalized spacial score (nSPS) is 10.5. The molecular weight excluding hydrogens is 256 g/mol. The van der Waals surface area contributed by atoms with E-state index in [9.17, 15) is 9.59 Å². The van der Waals surface area contributed by atoms with Crippen molar-refractivity contribution >= 4 is 23.4 Å². The highest BCUT2D eigenvalue weighted by Gasteiger charge is 2.20. The van der Waals surface area contributed by atoms with Crippen LogP contribution in [0.15, 0.2) is 6.20 Å². The summed E-state index contributed by atoms with van der Waals surface area (Å²) in [7, 11) is 1.46. The van der Waals surface area contributed by atoms with Crippen LogP contribution in [0.2, 0.25) is 5.02 Å². The fourth-order valence-electron chi connectivity index (χ4n) is 1.30. The Bertz CT molecular complexity index is 476. The Morgan fingerprint density at radius 1 is 1.50 bits per heavy atom. The number of nitrogens with zero attached hydrogens (tertiary/aromatic N) is 3. The lowest BCUT2D eigenvalue weighted by Crippen LogP contribution is -2.36. The standard InChI is InChI=1S/C11H15ClN4O2/c1-6(2)10-14-4-7(12)9(15-10)11(18)16(3)5-8(13)17/h4,6H,5H2,1-3H3,(H2,13,17). The molecule has 2 N–H and O–H groups in total. The molecule has 0 aliphatic heterocycles. The minimum atomic E-state index is -0.597. The Balaban J connectivity index is 3.04. The maximum absolute atomic E-state index is 12.0. The van der Waals surface area contributed by atoms with Crippen LogP contribution in [0.3, 0.4) is 0 Å². The third-order valence-corrected chi connectivity index (χ3v) is 2.50. The first-order valence-corrected chi connectivity index (χ1v) is 5.77. The summed E-state index contributed by atoms with van der Waals surface area (Å²) in [6, 6.07) is 0. The van der Waals surface area contributed by atoms with E-state index >= 15 is 0 Å². The molecule has 1 rings (SSSR count). The number of aromatic nitrogens is 2. The lowest BCUT2D eigenvalue weighted by atomic mass is 10.2. The predicted octanol–water partition coefficient (Wildman–Crippen LogP) is 0.811. The average Bonchev–Trinajstić information content (AvgIpc) is 2.27. The van der Waals surface area contributed by atoms with Gasteiger partial charge in [0.2, 0.25) is 5.91 Å². The maximum atomic E-state index is 12.0. The first kappa shape index (κ1) is 14.4. The molecule has 0 atom stereocenters. The summed E-state index contributed by atoms with van der Waals surface area (Å²) >= 11 is 5.89. The zero-order valence-corrected chi connectivity index (χ0v) is 11.2. The Morgan fingerprint density at radius 3 is 2.61 bits per heavy atom. The number of hydrogen-bond acceptors (Lipinski definition) is 4. The first-order chi connectivity index (χ1) is 8.32. The lowest BCUT2D eigenvalue weighted by molar-refractivity contribution is -0.118. The van der Waals surface area contributed by atoms with Crippen LogP contribution in [0.1, 0.15) is 36.1 Å². The minimum absolute atomic E-state index is 0.0789. The number of halogens is 1. The molecule has 0 fully saturated rings. The van der Waals surface area contributed by atoms with Crippen molar-refractivity contribution in [3.05, 3.63) is 22.7 Å². The molecule has 0 unspecified atom stereocenters. The highest BCUT2D eigenvalue weighted by atomic mass is 35.5. The van der Waals surface area contributed by atoms with Crippen LogP contribution in [0, 0.1) is 0 Å². The third kappa shape index (κ3) is 3.40. The summed E-state index contributed by atoms with van der Waals surface area (Å²) in [6.07, 6.45) is 1.38. The SMILES string of the molecule is CC(C)c1ncc(Cl)c(C(=O)N(C)CC(N)=O)n1. The van der Waals surface area contributed by atoms with E-state index in [1.165, 1.54) is 18.1 Å². The van der Waals surface area contributed by atoms with Crippen LogP contribution in [-0.4, -0.2) is 40.3 Å². The average molecular weight is 271 g/mol. The van der Waals surface area contributed by atoms with Gasteiger partial charge in [-0.2, -0.15) is 0 Å². The molecule has 0 saturated carbocycles. The number of carbonyl (C=O) groups is 2. The van der Waals surface area contributed by atoms with Crippen molar-refractivity contribution in [1.29, 1.82) is 0 Å². The van der Waals surface area contributed by atoms with E-state index in [2.05, 4.69) is 9.97 Å². The molecule has 6 nitrogen and oxygen atoms in total. The number of likely N-dealkylation sites (N-methyl/N-ethyl adjacent to an activating group) is 1. The molecule has 7 heteroatoms. The Kier molecular flexibility index (Phi) is 4.61. The topological polar surface area (TPSA) is 89.2 Å². The van der Waals surface area contributed by atoms with E-state index in [0.717, 1.165) is 0 Å². The van der Waals surface area contributed by atoms with E-state index in [1.54, 1.807) is 0 Å². The van der Waals surface area contributed by atoms with Gasteiger partial charge in [0.25, 0.3) is 5.91 Å². The van der Waals surface area contributed by atoms with Gasteiger partial charge >= 0.3 is 0 Å². The summed E-state index contributed by atoms with van der Waals surface area (Å²) in [5, 5.41) is 0.153. The molecule has 18 heavy (non-hydrogen) atoms. The number of amides is 2. The van der Waals surface area contributed by atoms with Gasteiger partial charge in [-0.05, 0) is 0 Å². The van der Waals surface area contributed by atoms with Crippen molar-refractivity contribution in [2.24, 2.45) is 5.73 Å². The van der Waals surface area contributed by atoms with Gasteiger partial charge in [0.05, 0.1) is 17.8 Å². The van der Waals surface area contributed by atoms with Crippen molar-refractivity contribution in [3.8, 4) is 0 Å². The van der Waals surface area contributed by atoms with Crippen molar-refractivity contribution in [1.82, 2.24) is 14.9 Å². The van der Waals surface area contributed by atoms with Gasteiger partial charge in [-0.25, -0.2) is 9.97 Å². The quantitative estimate of drug-likeness (QED) is 0.877. The van der Waals surface area contributed by atoms with Crippen molar-refractivity contribution in [2.75, 3.05) is 13.6 Å². The van der Waals surface area contributed by atoms with Crippen molar-refractivity contribution in [2.45, 2.75) is 19.8 Å². The molecule has 1 aromatic rings. The minimum Gasteiger partial charge on any atom is -0.368 e. The largest absolute Gasteiger partial charge is 0.368 e. The molecule has 1 heterocycles. The second-order valence-corrected chi connectivity index (χ2v) is 4.61. The van der Waals surface area contributed by atoms with Gasteiger partial charge in [-0.3, -0.25) is 9.59 Å². The van der Waals surface area contributed by atoms with E-state index in [0.29, 0.717) is 5.82 Å². The monoisotopic (exact) mass is 270 g/mol. The summed E-state index contributed by atoms with van der Waals surface area (Å²) in [5.74, 6) is -0.450. The number of nitrogens with two attached hydrogens (primary N) is 1. The third-order valence-electron chi connectivity index (χ3n) is 2.22. The van der Waals surface area contributed by atoms with Gasteiger partial charge < -0.3 is 10.6 Å². The number of hydrogen-bond donors (Lipinski definition) is 1.